The summed E-state index contributed by atoms with van der Waals surface area (Å²) in [5.41, 5.74) is 3.92. The number of nitrogens with zero attached hydrogens (tertiary/aromatic N) is 2. The Bertz CT molecular complexity index is 727. The fourth-order valence-electron chi connectivity index (χ4n) is 2.75. The molecule has 1 unspecified atom stereocenters. The van der Waals surface area contributed by atoms with Gasteiger partial charge in [-0.3, -0.25) is 9.48 Å². The summed E-state index contributed by atoms with van der Waals surface area (Å²) < 4.78 is 30.4. The molecular formula is C18H23F2N3O2. The van der Waals surface area contributed by atoms with Gasteiger partial charge < -0.3 is 10.1 Å². The maximum absolute atomic E-state index is 12.2. The predicted octanol–water partition coefficient (Wildman–Crippen LogP) is 3.45. The molecule has 0 aliphatic rings. The lowest BCUT2D eigenvalue weighted by atomic mass is 10.1. The third-order valence-corrected chi connectivity index (χ3v) is 4.24. The molecule has 0 bridgehead atoms. The van der Waals surface area contributed by atoms with Crippen LogP contribution in [0.3, 0.4) is 0 Å². The van der Waals surface area contributed by atoms with E-state index in [1.807, 2.05) is 32.5 Å². The molecule has 0 saturated heterocycles. The van der Waals surface area contributed by atoms with Gasteiger partial charge in [0.05, 0.1) is 11.7 Å². The van der Waals surface area contributed by atoms with Gasteiger partial charge in [0.1, 0.15) is 5.75 Å². The van der Waals surface area contributed by atoms with E-state index < -0.39 is 6.61 Å². The van der Waals surface area contributed by atoms with Crippen molar-refractivity contribution in [3.63, 3.8) is 0 Å². The van der Waals surface area contributed by atoms with Crippen molar-refractivity contribution in [2.75, 3.05) is 0 Å². The monoisotopic (exact) mass is 351 g/mol. The summed E-state index contributed by atoms with van der Waals surface area (Å²) in [7, 11) is 1.88. The largest absolute Gasteiger partial charge is 0.435 e. The number of aryl methyl sites for hydroxylation is 2. The van der Waals surface area contributed by atoms with Gasteiger partial charge in [0.15, 0.2) is 0 Å². The second-order valence-corrected chi connectivity index (χ2v) is 6.01. The smallest absolute Gasteiger partial charge is 0.387 e. The summed E-state index contributed by atoms with van der Waals surface area (Å²) in [5.74, 6) is 0.0304. The molecule has 136 valence electrons. The zero-order valence-corrected chi connectivity index (χ0v) is 14.8. The van der Waals surface area contributed by atoms with Crippen LogP contribution in [0.1, 0.15) is 41.9 Å². The molecule has 1 amide bonds. The molecule has 0 fully saturated rings. The van der Waals surface area contributed by atoms with Gasteiger partial charge in [-0.2, -0.15) is 13.9 Å². The van der Waals surface area contributed by atoms with Crippen molar-refractivity contribution in [1.82, 2.24) is 15.1 Å². The summed E-state index contributed by atoms with van der Waals surface area (Å²) >= 11 is 0. The minimum atomic E-state index is -2.85. The maximum atomic E-state index is 12.2. The molecule has 25 heavy (non-hydrogen) atoms. The van der Waals surface area contributed by atoms with Crippen LogP contribution in [0.4, 0.5) is 8.78 Å². The van der Waals surface area contributed by atoms with Gasteiger partial charge in [-0.25, -0.2) is 0 Å². The number of alkyl halides is 2. The van der Waals surface area contributed by atoms with Gasteiger partial charge in [-0.1, -0.05) is 12.1 Å². The van der Waals surface area contributed by atoms with Gasteiger partial charge in [-0.05, 0) is 50.5 Å². The average molecular weight is 351 g/mol. The first-order chi connectivity index (χ1) is 11.8. The Morgan fingerprint density at radius 3 is 2.44 bits per heavy atom. The van der Waals surface area contributed by atoms with Crippen LogP contribution in [-0.2, 0) is 18.3 Å². The fraction of sp³-hybridized carbons (Fsp3) is 0.444. The number of aromatic nitrogens is 2. The highest BCUT2D eigenvalue weighted by Crippen LogP contribution is 2.19. The molecule has 2 aromatic rings. The van der Waals surface area contributed by atoms with Crippen molar-refractivity contribution in [3.05, 3.63) is 46.8 Å². The highest BCUT2D eigenvalue weighted by Gasteiger charge is 2.14. The molecule has 1 aromatic carbocycles. The molecule has 0 aliphatic heterocycles. The number of ether oxygens (including phenoxy) is 1. The van der Waals surface area contributed by atoms with Crippen LogP contribution in [0.2, 0.25) is 0 Å². The molecule has 5 nitrogen and oxygen atoms in total. The van der Waals surface area contributed by atoms with Crippen LogP contribution in [0.25, 0.3) is 0 Å². The van der Waals surface area contributed by atoms with Crippen LogP contribution >= 0.6 is 0 Å². The Kier molecular flexibility index (Phi) is 6.12. The summed E-state index contributed by atoms with van der Waals surface area (Å²) in [5, 5.41) is 7.26. The standard InChI is InChI=1S/C18H23F2N3O2/c1-11(14-5-7-15(8-6-14)25-18(19)20)21-17(24)10-9-16-12(2)22-23(4)13(16)3/h5-8,11,18H,9-10H2,1-4H3,(H,21,24). The van der Waals surface area contributed by atoms with E-state index in [0.717, 1.165) is 22.5 Å². The van der Waals surface area contributed by atoms with E-state index in [-0.39, 0.29) is 17.7 Å². The average Bonchev–Trinajstić information content (AvgIpc) is 2.78. The first kappa shape index (κ1) is 18.9. The number of rotatable bonds is 7. The topological polar surface area (TPSA) is 56.2 Å². The van der Waals surface area contributed by atoms with Crippen LogP contribution in [0.15, 0.2) is 24.3 Å². The van der Waals surface area contributed by atoms with E-state index in [1.54, 1.807) is 12.1 Å². The second kappa shape index (κ2) is 8.09. The Balaban J connectivity index is 1.89. The number of benzene rings is 1. The first-order valence-corrected chi connectivity index (χ1v) is 8.11. The van der Waals surface area contributed by atoms with Gasteiger partial charge in [-0.15, -0.1) is 0 Å². The van der Waals surface area contributed by atoms with Gasteiger partial charge in [0.2, 0.25) is 5.91 Å². The number of hydrogen-bond acceptors (Lipinski definition) is 3. The molecule has 0 aliphatic carbocycles. The Hall–Kier alpha value is -2.44. The number of amides is 1. The lowest BCUT2D eigenvalue weighted by Gasteiger charge is -2.15. The van der Waals surface area contributed by atoms with Crippen LogP contribution < -0.4 is 10.1 Å². The van der Waals surface area contributed by atoms with E-state index in [0.29, 0.717) is 12.8 Å². The number of hydrogen-bond donors (Lipinski definition) is 1. The van der Waals surface area contributed by atoms with E-state index in [4.69, 9.17) is 0 Å². The van der Waals surface area contributed by atoms with E-state index in [1.165, 1.54) is 12.1 Å². The minimum absolute atomic E-state index is 0.0666. The highest BCUT2D eigenvalue weighted by molar-refractivity contribution is 5.76. The molecule has 0 spiro atoms. The van der Waals surface area contributed by atoms with Crippen molar-refractivity contribution in [3.8, 4) is 5.75 Å². The molecule has 1 heterocycles. The van der Waals surface area contributed by atoms with Crippen molar-refractivity contribution >= 4 is 5.91 Å². The van der Waals surface area contributed by atoms with E-state index in [9.17, 15) is 13.6 Å². The zero-order valence-electron chi connectivity index (χ0n) is 14.8. The lowest BCUT2D eigenvalue weighted by Crippen LogP contribution is -2.26. The van der Waals surface area contributed by atoms with Gasteiger partial charge in [0.25, 0.3) is 0 Å². The highest BCUT2D eigenvalue weighted by atomic mass is 19.3. The van der Waals surface area contributed by atoms with Crippen LogP contribution in [0.5, 0.6) is 5.75 Å². The van der Waals surface area contributed by atoms with Crippen molar-refractivity contribution in [2.24, 2.45) is 7.05 Å². The molecule has 1 aromatic heterocycles. The summed E-state index contributed by atoms with van der Waals surface area (Å²) in [6, 6.07) is 6.04. The quantitative estimate of drug-likeness (QED) is 0.831. The SMILES string of the molecule is Cc1nn(C)c(C)c1CCC(=O)NC(C)c1ccc(OC(F)F)cc1. The number of nitrogens with one attached hydrogen (secondary N) is 1. The maximum Gasteiger partial charge on any atom is 0.387 e. The molecule has 0 radical (unpaired) electrons. The molecule has 1 N–H and O–H groups in total. The summed E-state index contributed by atoms with van der Waals surface area (Å²) in [4.78, 5) is 12.2. The Morgan fingerprint density at radius 2 is 1.92 bits per heavy atom. The third-order valence-electron chi connectivity index (χ3n) is 4.24. The second-order valence-electron chi connectivity index (χ2n) is 6.01. The molecule has 2 rings (SSSR count). The zero-order chi connectivity index (χ0) is 18.6. The molecular weight excluding hydrogens is 328 g/mol. The fourth-order valence-corrected chi connectivity index (χ4v) is 2.75. The number of carbonyl (C=O) groups is 1. The normalized spacial score (nSPS) is 12.3. The van der Waals surface area contributed by atoms with Gasteiger partial charge in [0, 0.05) is 19.2 Å². The third kappa shape index (κ3) is 5.01. The first-order valence-electron chi connectivity index (χ1n) is 8.11. The van der Waals surface area contributed by atoms with Crippen molar-refractivity contribution < 1.29 is 18.3 Å². The van der Waals surface area contributed by atoms with E-state index >= 15 is 0 Å². The minimum Gasteiger partial charge on any atom is -0.435 e. The number of halogens is 2. The van der Waals surface area contributed by atoms with Crippen molar-refractivity contribution in [2.45, 2.75) is 46.3 Å². The summed E-state index contributed by atoms with van der Waals surface area (Å²) in [6.45, 7) is 2.93. The molecule has 7 heteroatoms. The Morgan fingerprint density at radius 1 is 1.28 bits per heavy atom. The number of carbonyl (C=O) groups excluding carboxylic acids is 1. The van der Waals surface area contributed by atoms with Crippen LogP contribution in [-0.4, -0.2) is 22.3 Å². The Labute approximate surface area is 146 Å². The van der Waals surface area contributed by atoms with E-state index in [2.05, 4.69) is 15.2 Å². The van der Waals surface area contributed by atoms with Gasteiger partial charge >= 0.3 is 6.61 Å². The van der Waals surface area contributed by atoms with Crippen molar-refractivity contribution in [1.29, 1.82) is 0 Å². The van der Waals surface area contributed by atoms with Crippen LogP contribution in [0, 0.1) is 13.8 Å². The summed E-state index contributed by atoms with van der Waals surface area (Å²) in [6.07, 6.45) is 0.996. The molecule has 0 saturated carbocycles. The predicted molar refractivity (Wildman–Crippen MR) is 90.6 cm³/mol. The molecule has 1 atom stereocenters. The lowest BCUT2D eigenvalue weighted by molar-refractivity contribution is -0.121.